The topological polar surface area (TPSA) is 43.4 Å². The highest BCUT2D eigenvalue weighted by Crippen LogP contribution is 2.33. The summed E-state index contributed by atoms with van der Waals surface area (Å²) in [5.74, 6) is -0.618. The minimum atomic E-state index is -4.00. The van der Waals surface area contributed by atoms with Gasteiger partial charge in [0.2, 0.25) is 9.84 Å². The third-order valence-electron chi connectivity index (χ3n) is 4.40. The van der Waals surface area contributed by atoms with E-state index in [1.165, 1.54) is 49.6 Å². The van der Waals surface area contributed by atoms with Crippen LogP contribution in [0, 0.1) is 5.82 Å². The van der Waals surface area contributed by atoms with Crippen molar-refractivity contribution in [3.05, 3.63) is 71.3 Å². The molecular weight excluding hydrogens is 358 g/mol. The molecule has 0 N–H and O–H groups in total. The van der Waals surface area contributed by atoms with Gasteiger partial charge in [-0.25, -0.2) is 17.2 Å². The number of hydrogen-bond acceptors (Lipinski definition) is 3. The van der Waals surface area contributed by atoms with Crippen LogP contribution in [0.15, 0.2) is 69.7 Å². The highest BCUT2D eigenvalue weighted by atomic mass is 32.2. The summed E-state index contributed by atoms with van der Waals surface area (Å²) < 4.78 is 58.6. The SMILES string of the molecule is COc1ccc(S(=O)(=O)c2ccc(C3=C(C)CCC(F)=C3)cc2F)cc1. The van der Waals surface area contributed by atoms with Crippen molar-refractivity contribution >= 4 is 15.4 Å². The molecule has 6 heteroatoms. The Labute approximate surface area is 151 Å². The number of methoxy groups -OCH3 is 1. The van der Waals surface area contributed by atoms with Crippen LogP contribution in [-0.4, -0.2) is 15.5 Å². The van der Waals surface area contributed by atoms with Gasteiger partial charge >= 0.3 is 0 Å². The van der Waals surface area contributed by atoms with Gasteiger partial charge in [0.25, 0.3) is 0 Å². The molecule has 0 bridgehead atoms. The fraction of sp³-hybridized carbons (Fsp3) is 0.200. The Morgan fingerprint density at radius 2 is 1.69 bits per heavy atom. The number of ether oxygens (including phenoxy) is 1. The predicted molar refractivity (Wildman–Crippen MR) is 95.9 cm³/mol. The lowest BCUT2D eigenvalue weighted by atomic mass is 9.93. The van der Waals surface area contributed by atoms with E-state index in [2.05, 4.69) is 0 Å². The van der Waals surface area contributed by atoms with Gasteiger partial charge in [-0.1, -0.05) is 11.6 Å². The van der Waals surface area contributed by atoms with E-state index >= 15 is 0 Å². The Morgan fingerprint density at radius 1 is 1.00 bits per heavy atom. The van der Waals surface area contributed by atoms with E-state index in [1.54, 1.807) is 0 Å². The van der Waals surface area contributed by atoms with Crippen molar-refractivity contribution in [2.75, 3.05) is 7.11 Å². The van der Waals surface area contributed by atoms with Gasteiger partial charge < -0.3 is 4.74 Å². The van der Waals surface area contributed by atoms with Crippen molar-refractivity contribution in [1.29, 1.82) is 0 Å². The molecule has 2 aromatic carbocycles. The molecule has 0 saturated heterocycles. The molecule has 0 radical (unpaired) electrons. The molecule has 3 rings (SSSR count). The highest BCUT2D eigenvalue weighted by molar-refractivity contribution is 7.91. The lowest BCUT2D eigenvalue weighted by molar-refractivity contribution is 0.414. The summed E-state index contributed by atoms with van der Waals surface area (Å²) >= 11 is 0. The van der Waals surface area contributed by atoms with Crippen LogP contribution >= 0.6 is 0 Å². The van der Waals surface area contributed by atoms with Gasteiger partial charge in [0.1, 0.15) is 22.3 Å². The van der Waals surface area contributed by atoms with Gasteiger partial charge in [-0.15, -0.1) is 0 Å². The van der Waals surface area contributed by atoms with E-state index in [4.69, 9.17) is 4.74 Å². The Morgan fingerprint density at radius 3 is 2.31 bits per heavy atom. The largest absolute Gasteiger partial charge is 0.497 e. The van der Waals surface area contributed by atoms with Crippen molar-refractivity contribution in [1.82, 2.24) is 0 Å². The second kappa shape index (κ2) is 7.03. The molecule has 0 spiro atoms. The van der Waals surface area contributed by atoms with Crippen LogP contribution in [0.3, 0.4) is 0 Å². The summed E-state index contributed by atoms with van der Waals surface area (Å²) in [6.07, 6.45) is 2.28. The summed E-state index contributed by atoms with van der Waals surface area (Å²) in [6, 6.07) is 9.62. The molecule has 2 aromatic rings. The minimum absolute atomic E-state index is 0.0241. The normalized spacial score (nSPS) is 15.0. The lowest BCUT2D eigenvalue weighted by Gasteiger charge is -2.15. The first-order valence-corrected chi connectivity index (χ1v) is 9.56. The van der Waals surface area contributed by atoms with Crippen LogP contribution in [0.5, 0.6) is 5.75 Å². The zero-order valence-electron chi connectivity index (χ0n) is 14.4. The summed E-state index contributed by atoms with van der Waals surface area (Å²) in [6.45, 7) is 1.86. The average molecular weight is 376 g/mol. The molecule has 0 unspecified atom stereocenters. The summed E-state index contributed by atoms with van der Waals surface area (Å²) in [4.78, 5) is -0.436. The monoisotopic (exact) mass is 376 g/mol. The molecule has 0 fully saturated rings. The van der Waals surface area contributed by atoms with Crippen molar-refractivity contribution in [3.63, 3.8) is 0 Å². The fourth-order valence-electron chi connectivity index (χ4n) is 2.89. The Hall–Kier alpha value is -2.47. The van der Waals surface area contributed by atoms with E-state index in [0.29, 0.717) is 29.7 Å². The van der Waals surface area contributed by atoms with Crippen molar-refractivity contribution < 1.29 is 21.9 Å². The molecule has 0 saturated carbocycles. The molecule has 26 heavy (non-hydrogen) atoms. The van der Waals surface area contributed by atoms with E-state index in [0.717, 1.165) is 11.6 Å². The molecule has 1 aliphatic carbocycles. The van der Waals surface area contributed by atoms with Crippen LogP contribution in [0.4, 0.5) is 8.78 Å². The fourth-order valence-corrected chi connectivity index (χ4v) is 4.20. The van der Waals surface area contributed by atoms with E-state index in [1.807, 2.05) is 6.92 Å². The van der Waals surface area contributed by atoms with E-state index in [9.17, 15) is 17.2 Å². The number of benzene rings is 2. The Balaban J connectivity index is 2.02. The summed E-state index contributed by atoms with van der Waals surface area (Å²) in [5.41, 5.74) is 2.00. The smallest absolute Gasteiger partial charge is 0.209 e. The number of sulfone groups is 1. The first kappa shape index (κ1) is 18.3. The second-order valence-electron chi connectivity index (χ2n) is 6.11. The van der Waals surface area contributed by atoms with Crippen molar-refractivity contribution in [2.45, 2.75) is 29.6 Å². The number of hydrogen-bond donors (Lipinski definition) is 0. The maximum absolute atomic E-state index is 14.6. The Kier molecular flexibility index (Phi) is 4.96. The molecule has 0 amide bonds. The third-order valence-corrected chi connectivity index (χ3v) is 6.20. The molecule has 0 atom stereocenters. The van der Waals surface area contributed by atoms with Crippen LogP contribution in [0.25, 0.3) is 5.57 Å². The zero-order chi connectivity index (χ0) is 18.9. The highest BCUT2D eigenvalue weighted by Gasteiger charge is 2.23. The second-order valence-corrected chi connectivity index (χ2v) is 8.03. The third kappa shape index (κ3) is 3.42. The predicted octanol–water partition coefficient (Wildman–Crippen LogP) is 5.09. The van der Waals surface area contributed by atoms with Gasteiger partial charge in [0, 0.05) is 6.42 Å². The van der Waals surface area contributed by atoms with E-state index in [-0.39, 0.29) is 10.7 Å². The van der Waals surface area contributed by atoms with Gasteiger partial charge in [-0.3, -0.25) is 0 Å². The van der Waals surface area contributed by atoms with Gasteiger partial charge in [0.05, 0.1) is 12.0 Å². The van der Waals surface area contributed by atoms with Gasteiger partial charge in [0.15, 0.2) is 0 Å². The molecule has 1 aliphatic rings. The van der Waals surface area contributed by atoms with Crippen molar-refractivity contribution in [3.8, 4) is 5.75 Å². The maximum Gasteiger partial charge on any atom is 0.209 e. The molecule has 0 aromatic heterocycles. The summed E-state index contributed by atoms with van der Waals surface area (Å²) in [5, 5.41) is 0. The number of allylic oxidation sites excluding steroid dienone is 4. The van der Waals surface area contributed by atoms with Gasteiger partial charge in [-0.2, -0.15) is 0 Å². The lowest BCUT2D eigenvalue weighted by Crippen LogP contribution is -2.05. The quantitative estimate of drug-likeness (QED) is 0.747. The molecule has 3 nitrogen and oxygen atoms in total. The number of halogens is 2. The van der Waals surface area contributed by atoms with Crippen LogP contribution in [-0.2, 0) is 9.84 Å². The van der Waals surface area contributed by atoms with E-state index < -0.39 is 20.5 Å². The number of rotatable bonds is 4. The molecule has 136 valence electrons. The Bertz CT molecular complexity index is 1000. The van der Waals surface area contributed by atoms with Crippen molar-refractivity contribution in [2.24, 2.45) is 0 Å². The van der Waals surface area contributed by atoms with Gasteiger partial charge in [-0.05, 0) is 67.0 Å². The molecule has 0 aliphatic heterocycles. The maximum atomic E-state index is 14.6. The first-order valence-electron chi connectivity index (χ1n) is 8.08. The minimum Gasteiger partial charge on any atom is -0.497 e. The van der Waals surface area contributed by atoms with Crippen LogP contribution < -0.4 is 4.74 Å². The van der Waals surface area contributed by atoms with Crippen LogP contribution in [0.1, 0.15) is 25.3 Å². The molecule has 0 heterocycles. The van der Waals surface area contributed by atoms with Crippen LogP contribution in [0.2, 0.25) is 0 Å². The first-order chi connectivity index (χ1) is 12.3. The standard InChI is InChI=1S/C20H18F2O3S/c1-13-3-5-15(21)12-18(13)14-4-10-20(19(22)11-14)26(23,24)17-8-6-16(25-2)7-9-17/h4,6-12H,3,5H2,1-2H3. The average Bonchev–Trinajstić information content (AvgIpc) is 2.63. The molecular formula is C20H18F2O3S. The summed E-state index contributed by atoms with van der Waals surface area (Å²) in [7, 11) is -2.53. The zero-order valence-corrected chi connectivity index (χ0v) is 15.2.